The first-order chi connectivity index (χ1) is 15.6. The molecule has 0 unspecified atom stereocenters. The predicted octanol–water partition coefficient (Wildman–Crippen LogP) is 5.70. The van der Waals surface area contributed by atoms with Crippen molar-refractivity contribution in [2.24, 2.45) is 5.92 Å². The molecule has 188 valence electrons. The molecule has 0 radical (unpaired) electrons. The third-order valence-corrected chi connectivity index (χ3v) is 11.7. The van der Waals surface area contributed by atoms with Crippen LogP contribution >= 0.6 is 0 Å². The van der Waals surface area contributed by atoms with Gasteiger partial charge >= 0.3 is 6.09 Å². The van der Waals surface area contributed by atoms with Crippen molar-refractivity contribution in [2.45, 2.75) is 104 Å². The molecule has 0 saturated carbocycles. The van der Waals surface area contributed by atoms with E-state index >= 15 is 0 Å². The summed E-state index contributed by atoms with van der Waals surface area (Å²) < 4.78 is 12.2. The number of alkyl carbamates (subject to hydrolysis) is 1. The van der Waals surface area contributed by atoms with Crippen LogP contribution in [0.5, 0.6) is 0 Å². The van der Waals surface area contributed by atoms with Crippen LogP contribution in [0.25, 0.3) is 0 Å². The number of nitrogens with one attached hydrogen (secondary N) is 1. The lowest BCUT2D eigenvalue weighted by atomic mass is 9.94. The molecular weight excluding hydrogens is 444 g/mol. The number of nitriles is 1. The minimum atomic E-state index is -1.96. The van der Waals surface area contributed by atoms with Crippen molar-refractivity contribution in [2.75, 3.05) is 18.0 Å². The van der Waals surface area contributed by atoms with Gasteiger partial charge in [-0.2, -0.15) is 5.26 Å². The Kier molecular flexibility index (Phi) is 7.40. The third-order valence-electron chi connectivity index (χ3n) is 7.20. The first-order valence-corrected chi connectivity index (χ1v) is 15.4. The summed E-state index contributed by atoms with van der Waals surface area (Å²) in [4.78, 5) is 19.4. The van der Waals surface area contributed by atoms with Crippen LogP contribution < -0.4 is 10.2 Å². The van der Waals surface area contributed by atoms with Crippen LogP contribution in [0.4, 0.5) is 10.5 Å². The molecule has 0 spiro atoms. The predicted molar refractivity (Wildman–Crippen MR) is 137 cm³/mol. The zero-order valence-corrected chi connectivity index (χ0v) is 23.4. The highest BCUT2D eigenvalue weighted by molar-refractivity contribution is 6.74. The van der Waals surface area contributed by atoms with E-state index in [4.69, 9.17) is 14.1 Å². The average molecular weight is 487 g/mol. The average Bonchev–Trinajstić information content (AvgIpc) is 3.06. The summed E-state index contributed by atoms with van der Waals surface area (Å²) in [5.41, 5.74) is 3.14. The molecule has 2 aliphatic rings. The van der Waals surface area contributed by atoms with Crippen LogP contribution in [0.1, 0.15) is 84.2 Å². The number of piperidine rings is 1. The molecule has 1 N–H and O–H groups in total. The van der Waals surface area contributed by atoms with E-state index < -0.39 is 20.0 Å². The van der Waals surface area contributed by atoms with Crippen LogP contribution in [0, 0.1) is 17.2 Å². The topological polar surface area (TPSA) is 87.5 Å². The largest absolute Gasteiger partial charge is 0.444 e. The van der Waals surface area contributed by atoms with E-state index in [2.05, 4.69) is 57.1 Å². The van der Waals surface area contributed by atoms with Gasteiger partial charge in [0.25, 0.3) is 0 Å². The van der Waals surface area contributed by atoms with Crippen LogP contribution in [0.3, 0.4) is 0 Å². The Bertz CT molecular complexity index is 959. The molecule has 8 heteroatoms. The first kappa shape index (κ1) is 26.5. The Morgan fingerprint density at radius 3 is 2.50 bits per heavy atom. The van der Waals surface area contributed by atoms with Gasteiger partial charge in [0.1, 0.15) is 11.7 Å². The first-order valence-electron chi connectivity index (χ1n) is 12.5. The summed E-state index contributed by atoms with van der Waals surface area (Å²) in [5, 5.41) is 13.1. The molecule has 1 amide bonds. The van der Waals surface area contributed by atoms with Crippen LogP contribution in [-0.2, 0) is 15.6 Å². The van der Waals surface area contributed by atoms with Crippen molar-refractivity contribution in [1.82, 2.24) is 10.3 Å². The number of amides is 1. The Labute approximate surface area is 206 Å². The SMILES string of the molecule is C[C@@H]1C[C@H](NC(=O)OC(C)(C)C)CN(c2c(C#N)cnc3c2CC[C@H]3O[Si](C)(C)C(C)(C)C)C1. The maximum absolute atomic E-state index is 12.4. The fourth-order valence-electron chi connectivity index (χ4n) is 4.70. The van der Waals surface area contributed by atoms with E-state index in [0.29, 0.717) is 18.0 Å². The summed E-state index contributed by atoms with van der Waals surface area (Å²) in [6.07, 6.45) is 3.90. The number of nitrogens with zero attached hydrogens (tertiary/aromatic N) is 3. The van der Waals surface area contributed by atoms with E-state index in [1.165, 1.54) is 0 Å². The van der Waals surface area contributed by atoms with Gasteiger partial charge in [-0.3, -0.25) is 4.98 Å². The van der Waals surface area contributed by atoms with Gasteiger partial charge in [0.15, 0.2) is 8.32 Å². The van der Waals surface area contributed by atoms with Gasteiger partial charge in [-0.15, -0.1) is 0 Å². The molecule has 1 aromatic rings. The molecule has 7 nitrogen and oxygen atoms in total. The zero-order chi connectivity index (χ0) is 25.5. The van der Waals surface area contributed by atoms with Crippen molar-refractivity contribution in [3.8, 4) is 6.07 Å². The standard InChI is InChI=1S/C26H42N4O3Si/c1-17-12-19(29-24(31)32-25(2,3)4)16-30(15-17)23-18(13-27)14-28-22-20(23)10-11-21(22)33-34(8,9)26(5,6)7/h14,17,19,21H,10-12,15-16H2,1-9H3,(H,29,31)/t17-,19+,21-/m1/s1. The van der Waals surface area contributed by atoms with Gasteiger partial charge in [0.2, 0.25) is 0 Å². The number of rotatable bonds is 4. The molecule has 0 bridgehead atoms. The van der Waals surface area contributed by atoms with E-state index in [1.54, 1.807) is 6.20 Å². The molecule has 1 aliphatic heterocycles. The second kappa shape index (κ2) is 9.50. The number of anilines is 1. The van der Waals surface area contributed by atoms with Crippen LogP contribution in [0.2, 0.25) is 18.1 Å². The number of ether oxygens (including phenoxy) is 1. The summed E-state index contributed by atoms with van der Waals surface area (Å²) in [6.45, 7) is 20.6. The Balaban J connectivity index is 1.87. The number of pyridine rings is 1. The molecule has 1 aromatic heterocycles. The Morgan fingerprint density at radius 1 is 1.24 bits per heavy atom. The van der Waals surface area contributed by atoms with Gasteiger partial charge in [0.05, 0.1) is 23.0 Å². The number of aromatic nitrogens is 1. The Hall–Kier alpha value is -2.11. The molecule has 1 fully saturated rings. The number of carbonyl (C=O) groups is 1. The molecule has 1 saturated heterocycles. The minimum Gasteiger partial charge on any atom is -0.444 e. The minimum absolute atomic E-state index is 0.0275. The third kappa shape index (κ3) is 5.92. The molecule has 0 aromatic carbocycles. The number of hydrogen-bond donors (Lipinski definition) is 1. The second-order valence-corrected chi connectivity index (χ2v) is 17.2. The highest BCUT2D eigenvalue weighted by Gasteiger charge is 2.42. The number of carbonyl (C=O) groups excluding carboxylic acids is 1. The molecule has 3 atom stereocenters. The van der Waals surface area contributed by atoms with Crippen molar-refractivity contribution in [3.05, 3.63) is 23.0 Å². The van der Waals surface area contributed by atoms with Crippen molar-refractivity contribution < 1.29 is 14.0 Å². The normalized spacial score (nSPS) is 23.3. The van der Waals surface area contributed by atoms with E-state index in [1.807, 2.05) is 20.8 Å². The van der Waals surface area contributed by atoms with Gasteiger partial charge in [-0.05, 0) is 64.1 Å². The second-order valence-electron chi connectivity index (χ2n) is 12.5. The van der Waals surface area contributed by atoms with Crippen molar-refractivity contribution in [1.29, 1.82) is 5.26 Å². The summed E-state index contributed by atoms with van der Waals surface area (Å²) in [7, 11) is -1.96. The van der Waals surface area contributed by atoms with Gasteiger partial charge < -0.3 is 19.4 Å². The Morgan fingerprint density at radius 2 is 1.91 bits per heavy atom. The molecular formula is C26H42N4O3Si. The number of hydrogen-bond acceptors (Lipinski definition) is 6. The lowest BCUT2D eigenvalue weighted by Crippen LogP contribution is -2.51. The maximum atomic E-state index is 12.4. The quantitative estimate of drug-likeness (QED) is 0.549. The molecule has 1 aliphatic carbocycles. The van der Waals surface area contributed by atoms with Gasteiger partial charge in [-0.1, -0.05) is 27.7 Å². The van der Waals surface area contributed by atoms with E-state index in [0.717, 1.165) is 42.8 Å². The van der Waals surface area contributed by atoms with Crippen molar-refractivity contribution >= 4 is 20.1 Å². The fraction of sp³-hybridized carbons (Fsp3) is 0.731. The highest BCUT2D eigenvalue weighted by atomic mass is 28.4. The summed E-state index contributed by atoms with van der Waals surface area (Å²) >= 11 is 0. The highest BCUT2D eigenvalue weighted by Crippen LogP contribution is 2.45. The van der Waals surface area contributed by atoms with Gasteiger partial charge in [0, 0.05) is 30.9 Å². The summed E-state index contributed by atoms with van der Waals surface area (Å²) in [6, 6.07) is 2.32. The number of fused-ring (bicyclic) bond motifs is 1. The lowest BCUT2D eigenvalue weighted by Gasteiger charge is -2.40. The van der Waals surface area contributed by atoms with Crippen molar-refractivity contribution in [3.63, 3.8) is 0 Å². The molecule has 3 rings (SSSR count). The van der Waals surface area contributed by atoms with E-state index in [-0.39, 0.29) is 17.2 Å². The monoisotopic (exact) mass is 486 g/mol. The summed E-state index contributed by atoms with van der Waals surface area (Å²) in [5.74, 6) is 0.365. The van der Waals surface area contributed by atoms with Gasteiger partial charge in [-0.25, -0.2) is 4.79 Å². The lowest BCUT2D eigenvalue weighted by molar-refractivity contribution is 0.0495. The van der Waals surface area contributed by atoms with Crippen LogP contribution in [0.15, 0.2) is 6.20 Å². The molecule has 34 heavy (non-hydrogen) atoms. The van der Waals surface area contributed by atoms with E-state index in [9.17, 15) is 10.1 Å². The zero-order valence-electron chi connectivity index (χ0n) is 22.4. The maximum Gasteiger partial charge on any atom is 0.407 e. The molecule has 2 heterocycles. The van der Waals surface area contributed by atoms with Crippen LogP contribution in [-0.4, -0.2) is 44.1 Å². The smallest absolute Gasteiger partial charge is 0.407 e. The fourth-order valence-corrected chi connectivity index (χ4v) is 5.99.